The van der Waals surface area contributed by atoms with Crippen LogP contribution in [0.1, 0.15) is 44.9 Å². The zero-order valence-corrected chi connectivity index (χ0v) is 14.1. The van der Waals surface area contributed by atoms with Gasteiger partial charge in [-0.1, -0.05) is 23.3 Å². The summed E-state index contributed by atoms with van der Waals surface area (Å²) in [6.45, 7) is 0.925. The van der Waals surface area contributed by atoms with Crippen molar-refractivity contribution in [2.45, 2.75) is 51.5 Å². The van der Waals surface area contributed by atoms with Gasteiger partial charge in [-0.25, -0.2) is 4.68 Å². The lowest BCUT2D eigenvalue weighted by molar-refractivity contribution is -0.0595. The van der Waals surface area contributed by atoms with Gasteiger partial charge in [-0.2, -0.15) is 0 Å². The van der Waals surface area contributed by atoms with Gasteiger partial charge in [0, 0.05) is 12.2 Å². The number of aryl methyl sites for hydroxylation is 1. The molecule has 0 aliphatic heterocycles. The van der Waals surface area contributed by atoms with Gasteiger partial charge >= 0.3 is 0 Å². The molecular weight excluding hydrogens is 298 g/mol. The Balaban J connectivity index is 1.29. The van der Waals surface area contributed by atoms with Gasteiger partial charge < -0.3 is 5.32 Å². The zero-order chi connectivity index (χ0) is 16.0. The summed E-state index contributed by atoms with van der Waals surface area (Å²) in [6.07, 6.45) is 10.1. The lowest BCUT2D eigenvalue weighted by atomic mass is 9.49. The number of nitrogens with zero attached hydrogens (tertiary/aromatic N) is 4. The quantitative estimate of drug-likeness (QED) is 0.903. The molecule has 4 bridgehead atoms. The van der Waals surface area contributed by atoms with Gasteiger partial charge in [0.2, 0.25) is 5.95 Å². The Kier molecular flexibility index (Phi) is 3.35. The molecule has 0 radical (unpaired) electrons. The molecule has 0 saturated heterocycles. The molecule has 4 saturated carbocycles. The van der Waals surface area contributed by atoms with Crippen molar-refractivity contribution in [1.82, 2.24) is 20.2 Å². The summed E-state index contributed by atoms with van der Waals surface area (Å²) < 4.78 is 1.95. The number of hydrogen-bond acceptors (Lipinski definition) is 4. The Morgan fingerprint density at radius 2 is 1.67 bits per heavy atom. The monoisotopic (exact) mass is 323 g/mol. The molecule has 6 rings (SSSR count). The van der Waals surface area contributed by atoms with E-state index in [1.54, 1.807) is 0 Å². The Hall–Kier alpha value is -1.91. The van der Waals surface area contributed by atoms with Crippen molar-refractivity contribution in [2.24, 2.45) is 23.2 Å². The fourth-order valence-electron chi connectivity index (χ4n) is 6.03. The molecule has 1 aromatic heterocycles. The predicted octanol–water partition coefficient (Wildman–Crippen LogP) is 4.02. The van der Waals surface area contributed by atoms with Crippen LogP contribution in [0.2, 0.25) is 0 Å². The number of tetrazole rings is 1. The maximum Gasteiger partial charge on any atom is 0.247 e. The van der Waals surface area contributed by atoms with Crippen LogP contribution in [-0.4, -0.2) is 20.2 Å². The first-order valence-electron chi connectivity index (χ1n) is 9.36. The average molecular weight is 323 g/mol. The van der Waals surface area contributed by atoms with Crippen LogP contribution >= 0.6 is 0 Å². The minimum atomic E-state index is 0.574. The van der Waals surface area contributed by atoms with Crippen LogP contribution in [0, 0.1) is 23.2 Å². The number of para-hydroxylation sites is 1. The second-order valence-electron chi connectivity index (χ2n) is 8.38. The minimum absolute atomic E-state index is 0.574. The standard InChI is InChI=1S/C19H25N5/c1-2-4-17(5-3-1)20-18-21-22-23-24(18)7-6-19-11-14-8-15(12-19)10-16(9-14)13-19/h1-5,14-16H,6-13H2,(H,20,21,23). The molecule has 1 heterocycles. The second kappa shape index (κ2) is 5.57. The first-order valence-corrected chi connectivity index (χ1v) is 9.36. The van der Waals surface area contributed by atoms with Crippen molar-refractivity contribution >= 4 is 11.6 Å². The van der Waals surface area contributed by atoms with E-state index in [1.165, 1.54) is 44.9 Å². The molecule has 4 aliphatic rings. The Bertz CT molecular complexity index is 672. The Morgan fingerprint density at radius 3 is 2.33 bits per heavy atom. The van der Waals surface area contributed by atoms with Gasteiger partial charge in [-0.05, 0) is 90.7 Å². The normalized spacial score (nSPS) is 33.8. The first kappa shape index (κ1) is 14.4. The highest BCUT2D eigenvalue weighted by Crippen LogP contribution is 2.61. The molecule has 24 heavy (non-hydrogen) atoms. The zero-order valence-electron chi connectivity index (χ0n) is 14.1. The van der Waals surface area contributed by atoms with Crippen LogP contribution in [0.25, 0.3) is 0 Å². The Morgan fingerprint density at radius 1 is 1.00 bits per heavy atom. The van der Waals surface area contributed by atoms with Crippen molar-refractivity contribution in [3.63, 3.8) is 0 Å². The van der Waals surface area contributed by atoms with Crippen LogP contribution < -0.4 is 5.32 Å². The van der Waals surface area contributed by atoms with Gasteiger partial charge in [0.1, 0.15) is 0 Å². The lowest BCUT2D eigenvalue weighted by Gasteiger charge is -2.57. The molecule has 0 spiro atoms. The second-order valence-corrected chi connectivity index (χ2v) is 8.38. The third-order valence-corrected chi connectivity index (χ3v) is 6.58. The lowest BCUT2D eigenvalue weighted by Crippen LogP contribution is -2.46. The SMILES string of the molecule is c1ccc(Nc2nnnn2CCC23CC4CC(CC(C4)C2)C3)cc1. The minimum Gasteiger partial charge on any atom is -0.323 e. The highest BCUT2D eigenvalue weighted by Gasteiger charge is 2.50. The van der Waals surface area contributed by atoms with Gasteiger partial charge in [-0.15, -0.1) is 0 Å². The third kappa shape index (κ3) is 2.60. The molecule has 0 amide bonds. The Labute approximate surface area is 142 Å². The number of aromatic nitrogens is 4. The van der Waals surface area contributed by atoms with E-state index in [-0.39, 0.29) is 0 Å². The van der Waals surface area contributed by atoms with Gasteiger partial charge in [0.25, 0.3) is 0 Å². The molecule has 0 atom stereocenters. The van der Waals surface area contributed by atoms with E-state index in [0.29, 0.717) is 5.41 Å². The van der Waals surface area contributed by atoms with Gasteiger partial charge in [0.05, 0.1) is 0 Å². The van der Waals surface area contributed by atoms with E-state index < -0.39 is 0 Å². The molecule has 1 N–H and O–H groups in total. The number of benzene rings is 1. The topological polar surface area (TPSA) is 55.6 Å². The highest BCUT2D eigenvalue weighted by molar-refractivity contribution is 5.52. The van der Waals surface area contributed by atoms with Crippen molar-refractivity contribution < 1.29 is 0 Å². The van der Waals surface area contributed by atoms with E-state index in [9.17, 15) is 0 Å². The van der Waals surface area contributed by atoms with Crippen molar-refractivity contribution in [2.75, 3.05) is 5.32 Å². The van der Waals surface area contributed by atoms with Crippen LogP contribution in [-0.2, 0) is 6.54 Å². The van der Waals surface area contributed by atoms with Gasteiger partial charge in [0.15, 0.2) is 0 Å². The summed E-state index contributed by atoms with van der Waals surface area (Å²) in [5, 5.41) is 15.6. The largest absolute Gasteiger partial charge is 0.323 e. The fourth-order valence-corrected chi connectivity index (χ4v) is 6.03. The average Bonchev–Trinajstić information content (AvgIpc) is 3.00. The van der Waals surface area contributed by atoms with Crippen molar-refractivity contribution in [3.05, 3.63) is 30.3 Å². The molecular formula is C19H25N5. The highest BCUT2D eigenvalue weighted by atomic mass is 15.6. The van der Waals surface area contributed by atoms with E-state index in [1.807, 2.05) is 35.0 Å². The summed E-state index contributed by atoms with van der Waals surface area (Å²) in [6, 6.07) is 10.1. The van der Waals surface area contributed by atoms with Crippen LogP contribution in [0.4, 0.5) is 11.6 Å². The maximum absolute atomic E-state index is 4.22. The maximum atomic E-state index is 4.22. The molecule has 5 heteroatoms. The molecule has 2 aromatic rings. The molecule has 4 aliphatic carbocycles. The van der Waals surface area contributed by atoms with Crippen LogP contribution in [0.15, 0.2) is 30.3 Å². The van der Waals surface area contributed by atoms with Crippen LogP contribution in [0.3, 0.4) is 0 Å². The fraction of sp³-hybridized carbons (Fsp3) is 0.632. The van der Waals surface area contributed by atoms with Gasteiger partial charge in [-0.3, -0.25) is 0 Å². The first-order chi connectivity index (χ1) is 11.8. The number of nitrogens with one attached hydrogen (secondary N) is 1. The molecule has 0 unspecified atom stereocenters. The summed E-state index contributed by atoms with van der Waals surface area (Å²) in [5.41, 5.74) is 1.61. The third-order valence-electron chi connectivity index (χ3n) is 6.58. The molecule has 126 valence electrons. The summed E-state index contributed by atoms with van der Waals surface area (Å²) in [5.74, 6) is 3.78. The van der Waals surface area contributed by atoms with E-state index >= 15 is 0 Å². The van der Waals surface area contributed by atoms with Crippen molar-refractivity contribution in [1.29, 1.82) is 0 Å². The molecule has 1 aromatic carbocycles. The summed E-state index contributed by atoms with van der Waals surface area (Å²) >= 11 is 0. The number of hydrogen-bond donors (Lipinski definition) is 1. The van der Waals surface area contributed by atoms with E-state index in [4.69, 9.17) is 0 Å². The number of rotatable bonds is 5. The molecule has 4 fully saturated rings. The van der Waals surface area contributed by atoms with E-state index in [2.05, 4.69) is 20.8 Å². The number of anilines is 2. The molecule has 5 nitrogen and oxygen atoms in total. The van der Waals surface area contributed by atoms with Crippen LogP contribution in [0.5, 0.6) is 0 Å². The van der Waals surface area contributed by atoms with Crippen molar-refractivity contribution in [3.8, 4) is 0 Å². The smallest absolute Gasteiger partial charge is 0.247 e. The summed E-state index contributed by atoms with van der Waals surface area (Å²) in [7, 11) is 0. The van der Waals surface area contributed by atoms with E-state index in [0.717, 1.165) is 35.9 Å². The predicted molar refractivity (Wildman–Crippen MR) is 92.8 cm³/mol. The summed E-state index contributed by atoms with van der Waals surface area (Å²) in [4.78, 5) is 0.